The van der Waals surface area contributed by atoms with Crippen LogP contribution in [0.5, 0.6) is 0 Å². The zero-order chi connectivity index (χ0) is 11.4. The number of carbonyl (C=O) groups is 1. The molecule has 1 amide bonds. The molecule has 94 valence electrons. The topological polar surface area (TPSA) is 23.6 Å². The Kier molecular flexibility index (Phi) is 5.59. The van der Waals surface area contributed by atoms with E-state index in [0.29, 0.717) is 0 Å². The minimum atomic E-state index is 0. The first-order valence-corrected chi connectivity index (χ1v) is 5.98. The molecule has 1 aromatic rings. The second-order valence-electron chi connectivity index (χ2n) is 3.84. The zero-order valence-corrected chi connectivity index (χ0v) is 11.1. The van der Waals surface area contributed by atoms with E-state index < -0.39 is 0 Å². The minimum Gasteiger partial charge on any atom is -0.368 e. The van der Waals surface area contributed by atoms with Crippen molar-refractivity contribution in [3.8, 4) is 0 Å². The summed E-state index contributed by atoms with van der Waals surface area (Å²) in [5.74, 6) is 0.125. The Morgan fingerprint density at radius 2 is 1.71 bits per heavy atom. The van der Waals surface area contributed by atoms with Crippen LogP contribution in [0.4, 0.5) is 5.69 Å². The molecule has 2 rings (SSSR count). The lowest BCUT2D eigenvalue weighted by Crippen LogP contribution is -2.49. The van der Waals surface area contributed by atoms with Gasteiger partial charge in [-0.05, 0) is 12.1 Å². The summed E-state index contributed by atoms with van der Waals surface area (Å²) >= 11 is 5.53. The molecule has 0 radical (unpaired) electrons. The first-order valence-electron chi connectivity index (χ1n) is 5.45. The third-order valence-corrected chi connectivity index (χ3v) is 3.10. The maximum Gasteiger partial charge on any atom is 0.237 e. The standard InChI is InChI=1S/C12H15ClN2O.ClH/c13-10-12(16)15-8-6-14(7-9-15)11-4-2-1-3-5-11;/h1-5H,6-10H2;1H. The predicted molar refractivity (Wildman–Crippen MR) is 73.2 cm³/mol. The normalized spacial score (nSPS) is 15.4. The fourth-order valence-corrected chi connectivity index (χ4v) is 2.11. The third-order valence-electron chi connectivity index (χ3n) is 2.87. The van der Waals surface area contributed by atoms with E-state index in [1.54, 1.807) is 0 Å². The Morgan fingerprint density at radius 1 is 1.12 bits per heavy atom. The van der Waals surface area contributed by atoms with E-state index in [9.17, 15) is 4.79 Å². The molecule has 1 saturated heterocycles. The Labute approximate surface area is 113 Å². The molecule has 3 nitrogen and oxygen atoms in total. The molecule has 0 saturated carbocycles. The van der Waals surface area contributed by atoms with E-state index in [0.717, 1.165) is 26.2 Å². The van der Waals surface area contributed by atoms with Gasteiger partial charge < -0.3 is 9.80 Å². The lowest BCUT2D eigenvalue weighted by molar-refractivity contribution is -0.128. The number of carbonyl (C=O) groups excluding carboxylic acids is 1. The molecule has 0 bridgehead atoms. The third kappa shape index (κ3) is 3.51. The van der Waals surface area contributed by atoms with Crippen LogP contribution in [0.1, 0.15) is 0 Å². The maximum absolute atomic E-state index is 11.4. The summed E-state index contributed by atoms with van der Waals surface area (Å²) in [6.07, 6.45) is 0. The highest BCUT2D eigenvalue weighted by molar-refractivity contribution is 6.27. The number of hydrogen-bond acceptors (Lipinski definition) is 2. The van der Waals surface area contributed by atoms with Crippen molar-refractivity contribution in [1.29, 1.82) is 0 Å². The molecule has 0 aliphatic carbocycles. The van der Waals surface area contributed by atoms with Gasteiger partial charge in [-0.25, -0.2) is 0 Å². The van der Waals surface area contributed by atoms with Crippen LogP contribution in [-0.4, -0.2) is 42.9 Å². The van der Waals surface area contributed by atoms with Gasteiger partial charge in [-0.15, -0.1) is 24.0 Å². The van der Waals surface area contributed by atoms with Gasteiger partial charge in [0, 0.05) is 31.9 Å². The highest BCUT2D eigenvalue weighted by Crippen LogP contribution is 2.15. The SMILES string of the molecule is Cl.O=C(CCl)N1CCN(c2ccccc2)CC1. The van der Waals surface area contributed by atoms with Gasteiger partial charge >= 0.3 is 0 Å². The van der Waals surface area contributed by atoms with Gasteiger partial charge in [-0.1, -0.05) is 18.2 Å². The van der Waals surface area contributed by atoms with Crippen molar-refractivity contribution in [2.45, 2.75) is 0 Å². The Balaban J connectivity index is 0.00000144. The monoisotopic (exact) mass is 274 g/mol. The molecule has 0 atom stereocenters. The van der Waals surface area contributed by atoms with E-state index in [1.807, 2.05) is 23.1 Å². The minimum absolute atomic E-state index is 0. The second kappa shape index (κ2) is 6.72. The molecule has 1 aliphatic rings. The molecular formula is C12H16Cl2N2O. The number of hydrogen-bond donors (Lipinski definition) is 0. The first-order chi connectivity index (χ1) is 7.81. The number of alkyl halides is 1. The average molecular weight is 275 g/mol. The van der Waals surface area contributed by atoms with Crippen molar-refractivity contribution >= 4 is 35.6 Å². The Morgan fingerprint density at radius 3 is 2.24 bits per heavy atom. The van der Waals surface area contributed by atoms with Gasteiger partial charge in [-0.2, -0.15) is 0 Å². The number of nitrogens with zero attached hydrogens (tertiary/aromatic N) is 2. The van der Waals surface area contributed by atoms with Gasteiger partial charge in [0.25, 0.3) is 0 Å². The van der Waals surface area contributed by atoms with Crippen LogP contribution < -0.4 is 4.90 Å². The van der Waals surface area contributed by atoms with Crippen molar-refractivity contribution in [1.82, 2.24) is 4.90 Å². The number of rotatable bonds is 2. The van der Waals surface area contributed by atoms with E-state index in [4.69, 9.17) is 11.6 Å². The summed E-state index contributed by atoms with van der Waals surface area (Å²) in [7, 11) is 0. The number of amides is 1. The van der Waals surface area contributed by atoms with Crippen LogP contribution in [0, 0.1) is 0 Å². The van der Waals surface area contributed by atoms with Crippen LogP contribution in [0.2, 0.25) is 0 Å². The van der Waals surface area contributed by atoms with Crippen LogP contribution >= 0.6 is 24.0 Å². The molecule has 0 unspecified atom stereocenters. The van der Waals surface area contributed by atoms with Gasteiger partial charge in [0.1, 0.15) is 5.88 Å². The molecule has 0 N–H and O–H groups in total. The maximum atomic E-state index is 11.4. The number of halogens is 2. The van der Waals surface area contributed by atoms with Gasteiger partial charge in [0.2, 0.25) is 5.91 Å². The molecule has 0 aromatic heterocycles. The summed E-state index contributed by atoms with van der Waals surface area (Å²) in [5.41, 5.74) is 1.22. The molecule has 1 fully saturated rings. The molecule has 1 aliphatic heterocycles. The fourth-order valence-electron chi connectivity index (χ4n) is 1.94. The summed E-state index contributed by atoms with van der Waals surface area (Å²) in [6, 6.07) is 10.3. The molecule has 0 spiro atoms. The smallest absolute Gasteiger partial charge is 0.237 e. The highest BCUT2D eigenvalue weighted by Gasteiger charge is 2.20. The van der Waals surface area contributed by atoms with Crippen LogP contribution in [0.15, 0.2) is 30.3 Å². The molecule has 1 heterocycles. The van der Waals surface area contributed by atoms with Crippen LogP contribution in [-0.2, 0) is 4.79 Å². The number of para-hydroxylation sites is 1. The summed E-state index contributed by atoms with van der Waals surface area (Å²) in [6.45, 7) is 3.29. The molecular weight excluding hydrogens is 259 g/mol. The van der Waals surface area contributed by atoms with Crippen molar-refractivity contribution in [3.05, 3.63) is 30.3 Å². The van der Waals surface area contributed by atoms with Crippen LogP contribution in [0.25, 0.3) is 0 Å². The average Bonchev–Trinajstić information content (AvgIpc) is 2.39. The highest BCUT2D eigenvalue weighted by atomic mass is 35.5. The fraction of sp³-hybridized carbons (Fsp3) is 0.417. The van der Waals surface area contributed by atoms with Crippen LogP contribution in [0.3, 0.4) is 0 Å². The van der Waals surface area contributed by atoms with Crippen molar-refractivity contribution in [2.24, 2.45) is 0 Å². The largest absolute Gasteiger partial charge is 0.368 e. The Hall–Kier alpha value is -0.930. The van der Waals surface area contributed by atoms with Crippen molar-refractivity contribution in [3.63, 3.8) is 0 Å². The Bertz CT molecular complexity index is 351. The number of benzene rings is 1. The summed E-state index contributed by atoms with van der Waals surface area (Å²) < 4.78 is 0. The first kappa shape index (κ1) is 14.1. The second-order valence-corrected chi connectivity index (χ2v) is 4.10. The lowest BCUT2D eigenvalue weighted by Gasteiger charge is -2.35. The predicted octanol–water partition coefficient (Wildman–Crippen LogP) is 2.00. The van der Waals surface area contributed by atoms with Crippen molar-refractivity contribution < 1.29 is 4.79 Å². The van der Waals surface area contributed by atoms with E-state index in [2.05, 4.69) is 17.0 Å². The van der Waals surface area contributed by atoms with Gasteiger partial charge in [0.15, 0.2) is 0 Å². The number of anilines is 1. The van der Waals surface area contributed by atoms with E-state index >= 15 is 0 Å². The quantitative estimate of drug-likeness (QED) is 0.771. The molecule has 5 heteroatoms. The van der Waals surface area contributed by atoms with E-state index in [1.165, 1.54) is 5.69 Å². The molecule has 17 heavy (non-hydrogen) atoms. The summed E-state index contributed by atoms with van der Waals surface area (Å²) in [4.78, 5) is 15.5. The zero-order valence-electron chi connectivity index (χ0n) is 9.51. The van der Waals surface area contributed by atoms with Crippen molar-refractivity contribution in [2.75, 3.05) is 37.0 Å². The van der Waals surface area contributed by atoms with Gasteiger partial charge in [-0.3, -0.25) is 4.79 Å². The molecule has 1 aromatic carbocycles. The summed E-state index contributed by atoms with van der Waals surface area (Å²) in [5, 5.41) is 0. The van der Waals surface area contributed by atoms with Gasteiger partial charge in [0.05, 0.1) is 0 Å². The number of piperazine rings is 1. The van der Waals surface area contributed by atoms with E-state index in [-0.39, 0.29) is 24.2 Å². The lowest BCUT2D eigenvalue weighted by atomic mass is 10.2.